The van der Waals surface area contributed by atoms with Crippen LogP contribution in [0.15, 0.2) is 0 Å². The van der Waals surface area contributed by atoms with Crippen molar-refractivity contribution in [2.24, 2.45) is 5.41 Å². The Bertz CT molecular complexity index is 243. The minimum Gasteiger partial charge on any atom is -0.465 e. The van der Waals surface area contributed by atoms with Gasteiger partial charge in [0.2, 0.25) is 0 Å². The van der Waals surface area contributed by atoms with Crippen LogP contribution < -0.4 is 0 Å². The lowest BCUT2D eigenvalue weighted by molar-refractivity contribution is -0.161. The largest absolute Gasteiger partial charge is 0.465 e. The van der Waals surface area contributed by atoms with Crippen molar-refractivity contribution in [3.8, 4) is 0 Å². The molecule has 0 aromatic heterocycles. The molecule has 0 heterocycles. The second kappa shape index (κ2) is 6.77. The van der Waals surface area contributed by atoms with Gasteiger partial charge in [0.05, 0.1) is 6.61 Å². The van der Waals surface area contributed by atoms with Gasteiger partial charge in [-0.05, 0) is 26.2 Å². The number of carbonyl (C=O) groups is 2. The van der Waals surface area contributed by atoms with E-state index in [1.165, 1.54) is 0 Å². The molecule has 1 aliphatic rings. The van der Waals surface area contributed by atoms with Crippen molar-refractivity contribution in [3.63, 3.8) is 0 Å². The van der Waals surface area contributed by atoms with Crippen LogP contribution in [0.25, 0.3) is 0 Å². The third kappa shape index (κ3) is 3.30. The molecule has 0 saturated heterocycles. The summed E-state index contributed by atoms with van der Waals surface area (Å²) in [4.78, 5) is 24.4. The Hall–Kier alpha value is -0.860. The molecule has 0 aliphatic heterocycles. The Morgan fingerprint density at radius 2 is 1.65 bits per heavy atom. The summed E-state index contributed by atoms with van der Waals surface area (Å²) in [5.74, 6) is -0.180. The number of Topliss-reactive ketones (excluding diaryl/α,β-unsaturated/α-hetero) is 1. The van der Waals surface area contributed by atoms with Crippen molar-refractivity contribution in [3.05, 3.63) is 0 Å². The van der Waals surface area contributed by atoms with E-state index in [9.17, 15) is 9.59 Å². The molecule has 0 unspecified atom stereocenters. The lowest BCUT2D eigenvalue weighted by Crippen LogP contribution is -2.40. The Morgan fingerprint density at radius 3 is 2.12 bits per heavy atom. The summed E-state index contributed by atoms with van der Waals surface area (Å²) in [5, 5.41) is 0. The number of ether oxygens (including phenoxy) is 1. The maximum absolute atomic E-state index is 12.3. The maximum atomic E-state index is 12.3. The first kappa shape index (κ1) is 14.2. The van der Waals surface area contributed by atoms with Crippen LogP contribution in [0, 0.1) is 5.41 Å². The lowest BCUT2D eigenvalue weighted by Gasteiger charge is -2.28. The van der Waals surface area contributed by atoms with Gasteiger partial charge >= 0.3 is 5.97 Å². The van der Waals surface area contributed by atoms with E-state index in [0.717, 1.165) is 32.1 Å². The highest BCUT2D eigenvalue weighted by molar-refractivity contribution is 6.03. The van der Waals surface area contributed by atoms with Gasteiger partial charge in [-0.2, -0.15) is 0 Å². The van der Waals surface area contributed by atoms with E-state index in [-0.39, 0.29) is 11.8 Å². The Kier molecular flexibility index (Phi) is 5.66. The highest BCUT2D eigenvalue weighted by atomic mass is 16.5. The average molecular weight is 240 g/mol. The molecule has 0 N–H and O–H groups in total. The first-order chi connectivity index (χ1) is 8.17. The molecule has 1 rings (SSSR count). The van der Waals surface area contributed by atoms with E-state index in [0.29, 0.717) is 25.9 Å². The summed E-state index contributed by atoms with van der Waals surface area (Å²) in [7, 11) is 0. The minimum absolute atomic E-state index is 0.0975. The molecule has 0 amide bonds. The van der Waals surface area contributed by atoms with Crippen LogP contribution in [0.2, 0.25) is 0 Å². The van der Waals surface area contributed by atoms with Gasteiger partial charge in [0.15, 0.2) is 0 Å². The highest BCUT2D eigenvalue weighted by Crippen LogP contribution is 2.38. The molecule has 0 spiro atoms. The fourth-order valence-electron chi connectivity index (χ4n) is 2.66. The van der Waals surface area contributed by atoms with Crippen molar-refractivity contribution >= 4 is 11.8 Å². The minimum atomic E-state index is -0.817. The summed E-state index contributed by atoms with van der Waals surface area (Å²) >= 11 is 0. The van der Waals surface area contributed by atoms with E-state index >= 15 is 0 Å². The molecule has 0 radical (unpaired) electrons. The van der Waals surface area contributed by atoms with Gasteiger partial charge in [0, 0.05) is 6.42 Å². The Balaban J connectivity index is 2.88. The number of carbonyl (C=O) groups excluding carboxylic acids is 2. The fraction of sp³-hybridized carbons (Fsp3) is 0.857. The van der Waals surface area contributed by atoms with Gasteiger partial charge in [0.1, 0.15) is 11.2 Å². The molecule has 0 bridgehead atoms. The standard InChI is InChI=1S/C14H24O3/c1-3-9-12(15)14(13(16)17-4-2)10-7-5-6-8-11-14/h3-11H2,1-2H3. The first-order valence-corrected chi connectivity index (χ1v) is 6.88. The Labute approximate surface area is 104 Å². The zero-order valence-electron chi connectivity index (χ0n) is 11.1. The number of esters is 1. The van der Waals surface area contributed by atoms with E-state index in [4.69, 9.17) is 4.74 Å². The molecule has 1 aliphatic carbocycles. The summed E-state index contributed by atoms with van der Waals surface area (Å²) < 4.78 is 5.15. The molecule has 0 aromatic carbocycles. The molecule has 3 nitrogen and oxygen atoms in total. The van der Waals surface area contributed by atoms with Crippen LogP contribution in [0.3, 0.4) is 0 Å². The van der Waals surface area contributed by atoms with Gasteiger partial charge in [-0.1, -0.05) is 32.6 Å². The van der Waals surface area contributed by atoms with E-state index in [2.05, 4.69) is 0 Å². The highest BCUT2D eigenvalue weighted by Gasteiger charge is 2.45. The second-order valence-corrected chi connectivity index (χ2v) is 4.89. The number of hydrogen-bond donors (Lipinski definition) is 0. The van der Waals surface area contributed by atoms with Gasteiger partial charge in [-0.25, -0.2) is 0 Å². The van der Waals surface area contributed by atoms with Crippen molar-refractivity contribution in [2.75, 3.05) is 6.61 Å². The molecule has 1 saturated carbocycles. The maximum Gasteiger partial charge on any atom is 0.319 e. The SMILES string of the molecule is CCCC(=O)C1(C(=O)OCC)CCCCCC1. The average Bonchev–Trinajstić information content (AvgIpc) is 2.56. The fourth-order valence-corrected chi connectivity index (χ4v) is 2.66. The van der Waals surface area contributed by atoms with Crippen molar-refractivity contribution in [2.45, 2.75) is 65.2 Å². The predicted octanol–water partition coefficient (Wildman–Crippen LogP) is 3.26. The van der Waals surface area contributed by atoms with Gasteiger partial charge in [-0.15, -0.1) is 0 Å². The monoisotopic (exact) mass is 240 g/mol. The van der Waals surface area contributed by atoms with Gasteiger partial charge in [-0.3, -0.25) is 9.59 Å². The normalized spacial score (nSPS) is 19.4. The summed E-state index contributed by atoms with van der Waals surface area (Å²) in [5.41, 5.74) is -0.817. The topological polar surface area (TPSA) is 43.4 Å². The van der Waals surface area contributed by atoms with Gasteiger partial charge < -0.3 is 4.74 Å². The molecule has 0 aromatic rings. The van der Waals surface area contributed by atoms with Crippen LogP contribution in [0.4, 0.5) is 0 Å². The first-order valence-electron chi connectivity index (χ1n) is 6.88. The molecule has 3 heteroatoms. The van der Waals surface area contributed by atoms with E-state index in [1.807, 2.05) is 6.92 Å². The Morgan fingerprint density at radius 1 is 1.06 bits per heavy atom. The number of ketones is 1. The second-order valence-electron chi connectivity index (χ2n) is 4.89. The van der Waals surface area contributed by atoms with E-state index < -0.39 is 5.41 Å². The smallest absolute Gasteiger partial charge is 0.319 e. The molecule has 98 valence electrons. The molecular formula is C14H24O3. The zero-order chi connectivity index (χ0) is 12.7. The molecule has 17 heavy (non-hydrogen) atoms. The number of hydrogen-bond acceptors (Lipinski definition) is 3. The van der Waals surface area contributed by atoms with Crippen molar-refractivity contribution < 1.29 is 14.3 Å². The van der Waals surface area contributed by atoms with Crippen molar-refractivity contribution in [1.29, 1.82) is 0 Å². The molecule has 1 fully saturated rings. The predicted molar refractivity (Wildman–Crippen MR) is 66.7 cm³/mol. The van der Waals surface area contributed by atoms with Crippen molar-refractivity contribution in [1.82, 2.24) is 0 Å². The summed E-state index contributed by atoms with van der Waals surface area (Å²) in [6.07, 6.45) is 6.86. The van der Waals surface area contributed by atoms with Crippen LogP contribution in [0.1, 0.15) is 65.2 Å². The third-order valence-electron chi connectivity index (χ3n) is 3.63. The van der Waals surface area contributed by atoms with Gasteiger partial charge in [0.25, 0.3) is 0 Å². The quantitative estimate of drug-likeness (QED) is 0.421. The van der Waals surface area contributed by atoms with Crippen LogP contribution in [-0.4, -0.2) is 18.4 Å². The summed E-state index contributed by atoms with van der Waals surface area (Å²) in [6.45, 7) is 4.14. The molecule has 0 atom stereocenters. The molecular weight excluding hydrogens is 216 g/mol. The van der Waals surface area contributed by atoms with Crippen LogP contribution in [-0.2, 0) is 14.3 Å². The third-order valence-corrected chi connectivity index (χ3v) is 3.63. The summed E-state index contributed by atoms with van der Waals surface area (Å²) in [6, 6.07) is 0. The van der Waals surface area contributed by atoms with Crippen LogP contribution in [0.5, 0.6) is 0 Å². The number of rotatable bonds is 5. The zero-order valence-corrected chi connectivity index (χ0v) is 11.1. The van der Waals surface area contributed by atoms with Crippen LogP contribution >= 0.6 is 0 Å². The lowest BCUT2D eigenvalue weighted by atomic mass is 9.75. The van der Waals surface area contributed by atoms with E-state index in [1.54, 1.807) is 6.92 Å².